The molecule has 2 fully saturated rings. The highest BCUT2D eigenvalue weighted by Gasteiger charge is 2.36. The molecular weight excluding hydrogens is 640 g/mol. The molecule has 2 bridgehead atoms. The fraction of sp³-hybridized carbons (Fsp3) is 0.412. The number of amides is 2. The second kappa shape index (κ2) is 13.1. The second-order valence-corrected chi connectivity index (χ2v) is 12.8. The third-order valence-electron chi connectivity index (χ3n) is 9.13. The lowest BCUT2D eigenvalue weighted by Crippen LogP contribution is -2.47. The molecule has 2 aromatic carbocycles. The number of pyridine rings is 1. The number of nitrogens with zero attached hydrogens (tertiary/aromatic N) is 3. The Hall–Kier alpha value is -4.12. The zero-order valence-electron chi connectivity index (χ0n) is 25.5. The van der Waals surface area contributed by atoms with Crippen LogP contribution in [0, 0.1) is 11.8 Å². The van der Waals surface area contributed by atoms with Crippen LogP contribution in [0.2, 0.25) is 0 Å². The molecule has 3 aliphatic rings. The van der Waals surface area contributed by atoms with Crippen molar-refractivity contribution in [3.8, 4) is 5.75 Å². The van der Waals surface area contributed by atoms with E-state index in [1.54, 1.807) is 49.3 Å². The van der Waals surface area contributed by atoms with E-state index in [4.69, 9.17) is 9.47 Å². The monoisotopic (exact) mass is 676 g/mol. The molecular formula is C34H37BrN4O6. The second-order valence-electron chi connectivity index (χ2n) is 12.0. The van der Waals surface area contributed by atoms with Gasteiger partial charge in [-0.05, 0) is 90.5 Å². The number of benzene rings is 2. The van der Waals surface area contributed by atoms with Gasteiger partial charge in [0.15, 0.2) is 0 Å². The number of nitrogens with one attached hydrogen (secondary N) is 1. The van der Waals surface area contributed by atoms with Crippen LogP contribution in [-0.4, -0.2) is 67.1 Å². The van der Waals surface area contributed by atoms with Crippen LogP contribution in [-0.2, 0) is 16.1 Å². The van der Waals surface area contributed by atoms with Crippen molar-refractivity contribution in [1.29, 1.82) is 0 Å². The summed E-state index contributed by atoms with van der Waals surface area (Å²) in [5.41, 5.74) is 3.28. The van der Waals surface area contributed by atoms with Crippen LogP contribution in [0.1, 0.15) is 58.5 Å². The summed E-state index contributed by atoms with van der Waals surface area (Å²) in [6, 6.07) is 16.1. The number of rotatable bonds is 7. The molecule has 10 nitrogen and oxygen atoms in total. The number of aromatic nitrogens is 1. The van der Waals surface area contributed by atoms with Gasteiger partial charge in [0.05, 0.1) is 36.6 Å². The largest absolute Gasteiger partial charge is 0.497 e. The highest BCUT2D eigenvalue weighted by atomic mass is 79.9. The first kappa shape index (κ1) is 30.9. The molecule has 2 atom stereocenters. The van der Waals surface area contributed by atoms with Gasteiger partial charge >= 0.3 is 5.97 Å². The van der Waals surface area contributed by atoms with Crippen LogP contribution >= 0.6 is 15.9 Å². The predicted octanol–water partition coefficient (Wildman–Crippen LogP) is 4.91. The molecule has 2 amide bonds. The summed E-state index contributed by atoms with van der Waals surface area (Å²) < 4.78 is 13.0. The summed E-state index contributed by atoms with van der Waals surface area (Å²) in [5.74, 6) is 0.102. The minimum atomic E-state index is -0.337. The summed E-state index contributed by atoms with van der Waals surface area (Å²) in [6.07, 6.45) is 2.10. The maximum Gasteiger partial charge on any atom is 0.309 e. The third kappa shape index (κ3) is 6.36. The number of hydrogen-bond acceptors (Lipinski definition) is 7. The highest BCUT2D eigenvalue weighted by molar-refractivity contribution is 9.10. The summed E-state index contributed by atoms with van der Waals surface area (Å²) in [6.45, 7) is 5.10. The Labute approximate surface area is 270 Å². The SMILES string of the molecule is CCOC(=O)C1CCN(C(=O)c2ccc(N3C[C@H]4C[C@@H](C3)c3cccc(=O)n3C4)c(NC(=O)c3cc(OC)ccc3Br)c2)CC1. The van der Waals surface area contributed by atoms with Crippen LogP contribution in [0.3, 0.4) is 0 Å². The topological polar surface area (TPSA) is 110 Å². The van der Waals surface area contributed by atoms with Crippen molar-refractivity contribution in [1.82, 2.24) is 9.47 Å². The average molecular weight is 678 g/mol. The molecule has 6 rings (SSSR count). The number of methoxy groups -OCH3 is 1. The van der Waals surface area contributed by atoms with E-state index < -0.39 is 0 Å². The zero-order chi connectivity index (χ0) is 31.7. The number of carbonyl (C=O) groups excluding carboxylic acids is 3. The summed E-state index contributed by atoms with van der Waals surface area (Å²) in [5, 5.41) is 3.09. The Balaban J connectivity index is 1.29. The lowest BCUT2D eigenvalue weighted by molar-refractivity contribution is -0.149. The van der Waals surface area contributed by atoms with Gasteiger partial charge in [-0.25, -0.2) is 0 Å². The summed E-state index contributed by atoms with van der Waals surface area (Å²) >= 11 is 3.49. The van der Waals surface area contributed by atoms with Crippen molar-refractivity contribution in [2.75, 3.05) is 50.1 Å². The molecule has 0 saturated carbocycles. The molecule has 3 aliphatic heterocycles. The number of fused-ring (bicyclic) bond motifs is 4. The molecule has 0 aliphatic carbocycles. The standard InChI is InChI=1S/C34H37BrN4O6/c1-3-45-34(43)22-11-13-37(14-12-22)33(42)23-7-10-30(28(16-23)36-32(41)26-17-25(44-2)8-9-27(26)35)38-18-21-15-24(20-38)29-5-4-6-31(40)39(29)19-21/h4-10,16-17,21-22,24H,3,11-15,18-20H2,1-2H3,(H,36,41)/t21-,24+/m1/s1. The Bertz CT molecular complexity index is 1680. The minimum absolute atomic E-state index is 0.0293. The van der Waals surface area contributed by atoms with Crippen molar-refractivity contribution in [2.45, 2.75) is 38.6 Å². The van der Waals surface area contributed by atoms with E-state index in [0.717, 1.165) is 24.3 Å². The van der Waals surface area contributed by atoms with Crippen LogP contribution < -0.4 is 20.5 Å². The molecule has 0 spiro atoms. The number of esters is 1. The molecule has 3 aromatic rings. The van der Waals surface area contributed by atoms with E-state index in [1.165, 1.54) is 0 Å². The number of halogens is 1. The van der Waals surface area contributed by atoms with Crippen molar-refractivity contribution < 1.29 is 23.9 Å². The predicted molar refractivity (Wildman–Crippen MR) is 174 cm³/mol. The number of carbonyl (C=O) groups is 3. The van der Waals surface area contributed by atoms with Crippen LogP contribution in [0.15, 0.2) is 63.9 Å². The number of ether oxygens (including phenoxy) is 2. The number of likely N-dealkylation sites (tertiary alicyclic amines) is 1. The molecule has 2 saturated heterocycles. The zero-order valence-corrected chi connectivity index (χ0v) is 27.0. The van der Waals surface area contributed by atoms with E-state index in [0.29, 0.717) is 72.7 Å². The van der Waals surface area contributed by atoms with Gasteiger partial charge in [0.25, 0.3) is 17.4 Å². The van der Waals surface area contributed by atoms with Crippen molar-refractivity contribution in [3.63, 3.8) is 0 Å². The maximum absolute atomic E-state index is 13.7. The molecule has 11 heteroatoms. The smallest absolute Gasteiger partial charge is 0.309 e. The Morgan fingerprint density at radius 1 is 1.00 bits per heavy atom. The molecule has 0 unspecified atom stereocenters. The minimum Gasteiger partial charge on any atom is -0.497 e. The maximum atomic E-state index is 13.7. The lowest BCUT2D eigenvalue weighted by atomic mass is 9.83. The normalized spacial score (nSPS) is 19.4. The first-order chi connectivity index (χ1) is 21.7. The van der Waals surface area contributed by atoms with Crippen molar-refractivity contribution in [3.05, 3.63) is 86.2 Å². The average Bonchev–Trinajstić information content (AvgIpc) is 3.05. The Morgan fingerprint density at radius 2 is 1.80 bits per heavy atom. The molecule has 0 radical (unpaired) electrons. The molecule has 236 valence electrons. The first-order valence-electron chi connectivity index (χ1n) is 15.4. The van der Waals surface area contributed by atoms with E-state index in [1.807, 2.05) is 28.8 Å². The number of anilines is 2. The van der Waals surface area contributed by atoms with E-state index in [2.05, 4.69) is 26.1 Å². The van der Waals surface area contributed by atoms with Crippen LogP contribution in [0.4, 0.5) is 11.4 Å². The highest BCUT2D eigenvalue weighted by Crippen LogP contribution is 2.40. The fourth-order valence-electron chi connectivity index (χ4n) is 6.89. The first-order valence-corrected chi connectivity index (χ1v) is 16.2. The fourth-order valence-corrected chi connectivity index (χ4v) is 7.32. The van der Waals surface area contributed by atoms with Gasteiger partial charge in [-0.3, -0.25) is 19.2 Å². The molecule has 1 aromatic heterocycles. The van der Waals surface area contributed by atoms with Crippen LogP contribution in [0.5, 0.6) is 5.75 Å². The molecule has 4 heterocycles. The Morgan fingerprint density at radius 3 is 2.56 bits per heavy atom. The van der Waals surface area contributed by atoms with Gasteiger partial charge in [0.2, 0.25) is 0 Å². The van der Waals surface area contributed by atoms with Crippen LogP contribution in [0.25, 0.3) is 0 Å². The van der Waals surface area contributed by atoms with Gasteiger partial charge in [-0.2, -0.15) is 0 Å². The summed E-state index contributed by atoms with van der Waals surface area (Å²) in [7, 11) is 1.55. The Kier molecular flexibility index (Phi) is 8.98. The van der Waals surface area contributed by atoms with Gasteiger partial charge < -0.3 is 29.2 Å². The summed E-state index contributed by atoms with van der Waals surface area (Å²) in [4.78, 5) is 56.2. The van der Waals surface area contributed by atoms with Crippen molar-refractivity contribution in [2.24, 2.45) is 11.8 Å². The quantitative estimate of drug-likeness (QED) is 0.354. The molecule has 45 heavy (non-hydrogen) atoms. The van der Waals surface area contributed by atoms with E-state index >= 15 is 0 Å². The van der Waals surface area contributed by atoms with Crippen molar-refractivity contribution >= 4 is 45.1 Å². The van der Waals surface area contributed by atoms with Gasteiger partial charge in [0.1, 0.15) is 5.75 Å². The third-order valence-corrected chi connectivity index (χ3v) is 9.82. The molecule has 1 N–H and O–H groups in total. The van der Waals surface area contributed by atoms with Gasteiger partial charge in [0, 0.05) is 60.4 Å². The lowest BCUT2D eigenvalue weighted by Gasteiger charge is -2.44. The van der Waals surface area contributed by atoms with Gasteiger partial charge in [-0.1, -0.05) is 6.07 Å². The number of hydrogen-bond donors (Lipinski definition) is 1. The van der Waals surface area contributed by atoms with Gasteiger partial charge in [-0.15, -0.1) is 0 Å². The van der Waals surface area contributed by atoms with E-state index in [-0.39, 0.29) is 41.1 Å². The number of piperidine rings is 2. The van der Waals surface area contributed by atoms with E-state index in [9.17, 15) is 19.2 Å².